The normalized spacial score (nSPS) is 26.3. The van der Waals surface area contributed by atoms with Gasteiger partial charge in [0.25, 0.3) is 0 Å². The molecule has 2 aromatic rings. The quantitative estimate of drug-likeness (QED) is 0.833. The number of halogens is 2. The Labute approximate surface area is 163 Å². The maximum absolute atomic E-state index is 14.5. The van der Waals surface area contributed by atoms with E-state index < -0.39 is 22.2 Å². The molecule has 0 radical (unpaired) electrons. The molecule has 0 amide bonds. The lowest BCUT2D eigenvalue weighted by atomic mass is 9.63. The molecule has 154 valence electrons. The van der Waals surface area contributed by atoms with E-state index in [0.29, 0.717) is 11.9 Å². The molecule has 1 saturated heterocycles. The molecular weight excluding hydrogens is 388 g/mol. The lowest BCUT2D eigenvalue weighted by molar-refractivity contribution is 0.147. The molecule has 28 heavy (non-hydrogen) atoms. The Hall–Kier alpha value is -1.81. The van der Waals surface area contributed by atoms with Crippen LogP contribution in [-0.4, -0.2) is 58.9 Å². The van der Waals surface area contributed by atoms with Crippen molar-refractivity contribution < 1.29 is 17.2 Å². The number of alkyl halides is 1. The van der Waals surface area contributed by atoms with E-state index in [0.717, 1.165) is 29.1 Å². The summed E-state index contributed by atoms with van der Waals surface area (Å²) in [5, 5.41) is 7.36. The summed E-state index contributed by atoms with van der Waals surface area (Å²) < 4.78 is 54.7. The van der Waals surface area contributed by atoms with Gasteiger partial charge in [-0.15, -0.1) is 5.10 Å². The summed E-state index contributed by atoms with van der Waals surface area (Å²) in [4.78, 5) is 4.13. The van der Waals surface area contributed by atoms with E-state index in [1.807, 2.05) is 0 Å². The molecular formula is C18H25F2N5O2S. The monoisotopic (exact) mass is 413 g/mol. The van der Waals surface area contributed by atoms with Crippen LogP contribution in [-0.2, 0) is 10.0 Å². The molecule has 0 unspecified atom stereocenters. The number of hydrogen-bond acceptors (Lipinski definition) is 5. The van der Waals surface area contributed by atoms with Gasteiger partial charge in [-0.05, 0) is 30.7 Å². The Morgan fingerprint density at radius 2 is 2.04 bits per heavy atom. The third-order valence-electron chi connectivity index (χ3n) is 5.80. The van der Waals surface area contributed by atoms with Gasteiger partial charge in [0, 0.05) is 24.7 Å². The smallest absolute Gasteiger partial charge is 0.241 e. The molecule has 1 N–H and O–H groups in total. The van der Waals surface area contributed by atoms with Gasteiger partial charge in [-0.1, -0.05) is 13.8 Å². The van der Waals surface area contributed by atoms with Crippen LogP contribution < -0.4 is 5.32 Å². The van der Waals surface area contributed by atoms with E-state index in [9.17, 15) is 17.2 Å². The van der Waals surface area contributed by atoms with Crippen molar-refractivity contribution in [2.45, 2.75) is 51.2 Å². The van der Waals surface area contributed by atoms with Gasteiger partial charge in [0.15, 0.2) is 5.82 Å². The molecule has 4 rings (SSSR count). The largest absolute Gasteiger partial charge is 0.347 e. The molecule has 2 atom stereocenters. The average Bonchev–Trinajstić information content (AvgIpc) is 2.89. The molecule has 1 saturated carbocycles. The fourth-order valence-electron chi connectivity index (χ4n) is 4.32. The van der Waals surface area contributed by atoms with Gasteiger partial charge >= 0.3 is 0 Å². The second-order valence-corrected chi connectivity index (χ2v) is 10.7. The maximum atomic E-state index is 14.5. The number of hydrogen-bond donors (Lipinski definition) is 1. The Morgan fingerprint density at radius 1 is 1.32 bits per heavy atom. The number of sulfonamides is 1. The third-order valence-corrected chi connectivity index (χ3v) is 7.07. The Kier molecular flexibility index (Phi) is 4.61. The van der Waals surface area contributed by atoms with Crippen molar-refractivity contribution in [1.82, 2.24) is 18.9 Å². The van der Waals surface area contributed by atoms with Crippen molar-refractivity contribution in [3.8, 4) is 0 Å². The SMILES string of the molecule is CC1(C)CC(c2cc(F)c3cnc(N[C@@H]4CCN(S(C)(=O)=O)C[C@H]4F)nn23)C1. The summed E-state index contributed by atoms with van der Waals surface area (Å²) in [6.07, 6.45) is 3.32. The molecule has 2 fully saturated rings. The summed E-state index contributed by atoms with van der Waals surface area (Å²) in [7, 11) is -3.41. The molecule has 7 nitrogen and oxygen atoms in total. The summed E-state index contributed by atoms with van der Waals surface area (Å²) >= 11 is 0. The van der Waals surface area contributed by atoms with Crippen molar-refractivity contribution in [2.75, 3.05) is 24.7 Å². The van der Waals surface area contributed by atoms with Gasteiger partial charge < -0.3 is 5.32 Å². The van der Waals surface area contributed by atoms with E-state index in [4.69, 9.17) is 0 Å². The highest BCUT2D eigenvalue weighted by Crippen LogP contribution is 2.50. The van der Waals surface area contributed by atoms with Gasteiger partial charge in [-0.25, -0.2) is 26.7 Å². The lowest BCUT2D eigenvalue weighted by Crippen LogP contribution is -2.49. The summed E-state index contributed by atoms with van der Waals surface area (Å²) in [6.45, 7) is 4.41. The highest BCUT2D eigenvalue weighted by Gasteiger charge is 2.39. The van der Waals surface area contributed by atoms with Crippen LogP contribution in [0.25, 0.3) is 5.52 Å². The molecule has 0 aromatic carbocycles. The van der Waals surface area contributed by atoms with Gasteiger partial charge in [0.05, 0.1) is 18.5 Å². The van der Waals surface area contributed by atoms with Crippen LogP contribution in [0, 0.1) is 11.2 Å². The molecule has 2 aromatic heterocycles. The Morgan fingerprint density at radius 3 is 2.64 bits per heavy atom. The number of rotatable bonds is 4. The minimum absolute atomic E-state index is 0.195. The van der Waals surface area contributed by atoms with Gasteiger partial charge in [-0.2, -0.15) is 4.31 Å². The number of piperidine rings is 1. The Balaban J connectivity index is 1.54. The first-order valence-corrected chi connectivity index (χ1v) is 11.3. The first kappa shape index (κ1) is 19.5. The summed E-state index contributed by atoms with van der Waals surface area (Å²) in [6, 6.07) is 0.915. The fraction of sp³-hybridized carbons (Fsp3) is 0.667. The highest BCUT2D eigenvalue weighted by molar-refractivity contribution is 7.88. The van der Waals surface area contributed by atoms with Crippen LogP contribution in [0.4, 0.5) is 14.7 Å². The topological polar surface area (TPSA) is 79.6 Å². The van der Waals surface area contributed by atoms with E-state index in [-0.39, 0.29) is 36.2 Å². The molecule has 1 aliphatic heterocycles. The first-order chi connectivity index (χ1) is 13.0. The number of anilines is 1. The number of fused-ring (bicyclic) bond motifs is 1. The minimum Gasteiger partial charge on any atom is -0.347 e. The Bertz CT molecular complexity index is 999. The number of aromatic nitrogens is 3. The summed E-state index contributed by atoms with van der Waals surface area (Å²) in [5.74, 6) is 0.0844. The zero-order valence-corrected chi connectivity index (χ0v) is 17.0. The second-order valence-electron chi connectivity index (χ2n) is 8.74. The van der Waals surface area contributed by atoms with E-state index in [1.54, 1.807) is 4.52 Å². The molecule has 1 aliphatic carbocycles. The van der Waals surface area contributed by atoms with E-state index in [1.165, 1.54) is 12.3 Å². The summed E-state index contributed by atoms with van der Waals surface area (Å²) in [5.41, 5.74) is 1.35. The molecule has 2 aliphatic rings. The van der Waals surface area contributed by atoms with E-state index in [2.05, 4.69) is 29.2 Å². The zero-order valence-electron chi connectivity index (χ0n) is 16.2. The highest BCUT2D eigenvalue weighted by atomic mass is 32.2. The van der Waals surface area contributed by atoms with Crippen molar-refractivity contribution in [3.05, 3.63) is 23.8 Å². The fourth-order valence-corrected chi connectivity index (χ4v) is 5.17. The molecule has 0 spiro atoms. The van der Waals surface area contributed by atoms with Crippen LogP contribution in [0.1, 0.15) is 44.7 Å². The second kappa shape index (κ2) is 6.62. The number of nitrogens with zero attached hydrogens (tertiary/aromatic N) is 4. The van der Waals surface area contributed by atoms with Gasteiger partial charge in [0.1, 0.15) is 11.7 Å². The van der Waals surface area contributed by atoms with Gasteiger partial charge in [0.2, 0.25) is 16.0 Å². The van der Waals surface area contributed by atoms with Gasteiger partial charge in [-0.3, -0.25) is 0 Å². The molecule has 0 bridgehead atoms. The first-order valence-electron chi connectivity index (χ1n) is 9.43. The molecule has 10 heteroatoms. The average molecular weight is 413 g/mol. The van der Waals surface area contributed by atoms with Crippen LogP contribution in [0.3, 0.4) is 0 Å². The maximum Gasteiger partial charge on any atom is 0.241 e. The van der Waals surface area contributed by atoms with Crippen molar-refractivity contribution >= 4 is 21.5 Å². The van der Waals surface area contributed by atoms with Crippen LogP contribution in [0.5, 0.6) is 0 Å². The zero-order chi connectivity index (χ0) is 20.3. The van der Waals surface area contributed by atoms with Crippen molar-refractivity contribution in [1.29, 1.82) is 0 Å². The van der Waals surface area contributed by atoms with Crippen molar-refractivity contribution in [2.24, 2.45) is 5.41 Å². The minimum atomic E-state index is -3.41. The molecule has 3 heterocycles. The predicted molar refractivity (Wildman–Crippen MR) is 102 cm³/mol. The standard InChI is InChI=1S/C18H25F2N5O2S/c1-18(2)7-11(8-18)15-6-12(19)16-9-21-17(23-25(15)16)22-14-4-5-24(10-13(14)20)28(3,26)27/h6,9,11,13-14H,4-5,7-8,10H2,1-3H3,(H,22,23)/t13-,14-/m1/s1. The van der Waals surface area contributed by atoms with Crippen LogP contribution >= 0.6 is 0 Å². The third kappa shape index (κ3) is 3.59. The number of nitrogens with one attached hydrogen (secondary N) is 1. The van der Waals surface area contributed by atoms with Crippen LogP contribution in [0.15, 0.2) is 12.3 Å². The van der Waals surface area contributed by atoms with Crippen molar-refractivity contribution in [3.63, 3.8) is 0 Å². The predicted octanol–water partition coefficient (Wildman–Crippen LogP) is 2.56. The van der Waals surface area contributed by atoms with Crippen LogP contribution in [0.2, 0.25) is 0 Å². The van der Waals surface area contributed by atoms with E-state index >= 15 is 0 Å². The lowest BCUT2D eigenvalue weighted by Gasteiger charge is -2.42.